The second-order valence-corrected chi connectivity index (χ2v) is 5.04. The minimum Gasteiger partial charge on any atom is -0.371 e. The molecule has 0 bridgehead atoms. The summed E-state index contributed by atoms with van der Waals surface area (Å²) in [6.07, 6.45) is 2.62. The van der Waals surface area contributed by atoms with Crippen molar-refractivity contribution in [2.24, 2.45) is 5.92 Å². The molecule has 1 aliphatic heterocycles. The number of benzene rings is 1. The first kappa shape index (κ1) is 11.8. The van der Waals surface area contributed by atoms with E-state index in [2.05, 4.69) is 36.9 Å². The van der Waals surface area contributed by atoms with E-state index in [1.807, 2.05) is 0 Å². The summed E-state index contributed by atoms with van der Waals surface area (Å²) in [6, 6.07) is 6.62. The Kier molecular flexibility index (Phi) is 3.75. The van der Waals surface area contributed by atoms with E-state index in [4.69, 9.17) is 11.6 Å². The van der Waals surface area contributed by atoms with Gasteiger partial charge in [-0.2, -0.15) is 0 Å². The molecule has 0 aliphatic carbocycles. The number of nitrogens with zero attached hydrogens (tertiary/aromatic N) is 1. The highest BCUT2D eigenvalue weighted by Gasteiger charge is 2.22. The van der Waals surface area contributed by atoms with Gasteiger partial charge in [0.25, 0.3) is 0 Å². The molecule has 2 heteroatoms. The maximum absolute atomic E-state index is 6.03. The molecule has 0 radical (unpaired) electrons. The number of alkyl halides is 1. The molecule has 88 valence electrons. The molecule has 1 heterocycles. The van der Waals surface area contributed by atoms with Crippen molar-refractivity contribution in [3.8, 4) is 0 Å². The highest BCUT2D eigenvalue weighted by atomic mass is 35.5. The van der Waals surface area contributed by atoms with Crippen LogP contribution in [-0.4, -0.2) is 13.1 Å². The fourth-order valence-electron chi connectivity index (χ4n) is 2.51. The monoisotopic (exact) mass is 237 g/mol. The lowest BCUT2D eigenvalue weighted by molar-refractivity contribution is 0.569. The molecule has 1 atom stereocenters. The van der Waals surface area contributed by atoms with Crippen LogP contribution in [0.25, 0.3) is 0 Å². The van der Waals surface area contributed by atoms with E-state index >= 15 is 0 Å². The molecule has 1 aromatic rings. The van der Waals surface area contributed by atoms with Crippen molar-refractivity contribution in [3.05, 3.63) is 29.3 Å². The molecular weight excluding hydrogens is 218 g/mol. The Hall–Kier alpha value is -0.690. The fourth-order valence-corrected chi connectivity index (χ4v) is 2.73. The maximum Gasteiger partial charge on any atom is 0.0494 e. The van der Waals surface area contributed by atoms with E-state index in [0.717, 1.165) is 5.92 Å². The molecule has 0 N–H and O–H groups in total. The summed E-state index contributed by atoms with van der Waals surface area (Å²) < 4.78 is 0. The zero-order valence-corrected chi connectivity index (χ0v) is 10.9. The standard InChI is InChI=1S/C14H20ClN/c1-3-12-6-7-16(10-12)14-5-4-11(2)8-13(14)9-15/h4-5,8,12H,3,6-7,9-10H2,1-2H3. The summed E-state index contributed by atoms with van der Waals surface area (Å²) in [6.45, 7) is 6.79. The van der Waals surface area contributed by atoms with Gasteiger partial charge in [-0.05, 0) is 30.9 Å². The summed E-state index contributed by atoms with van der Waals surface area (Å²) >= 11 is 6.03. The van der Waals surface area contributed by atoms with Gasteiger partial charge in [0.2, 0.25) is 0 Å². The molecular formula is C14H20ClN. The van der Waals surface area contributed by atoms with Crippen molar-refractivity contribution >= 4 is 17.3 Å². The largest absolute Gasteiger partial charge is 0.371 e. The van der Waals surface area contributed by atoms with Crippen LogP contribution in [0.2, 0.25) is 0 Å². The number of rotatable bonds is 3. The summed E-state index contributed by atoms with van der Waals surface area (Å²) in [7, 11) is 0. The number of hydrogen-bond acceptors (Lipinski definition) is 1. The Morgan fingerprint density at radius 3 is 2.88 bits per heavy atom. The van der Waals surface area contributed by atoms with E-state index in [1.165, 1.54) is 42.7 Å². The van der Waals surface area contributed by atoms with Gasteiger partial charge in [-0.25, -0.2) is 0 Å². The van der Waals surface area contributed by atoms with Crippen LogP contribution in [0.3, 0.4) is 0 Å². The minimum absolute atomic E-state index is 0.615. The second kappa shape index (κ2) is 5.09. The van der Waals surface area contributed by atoms with Crippen LogP contribution >= 0.6 is 11.6 Å². The average Bonchev–Trinajstić information content (AvgIpc) is 2.77. The Morgan fingerprint density at radius 1 is 1.44 bits per heavy atom. The summed E-state index contributed by atoms with van der Waals surface area (Å²) in [4.78, 5) is 2.49. The second-order valence-electron chi connectivity index (χ2n) is 4.77. The fraction of sp³-hybridized carbons (Fsp3) is 0.571. The molecule has 0 spiro atoms. The smallest absolute Gasteiger partial charge is 0.0494 e. The predicted octanol–water partition coefficient (Wildman–Crippen LogP) is 3.97. The van der Waals surface area contributed by atoms with Crippen molar-refractivity contribution < 1.29 is 0 Å². The molecule has 0 amide bonds. The highest BCUT2D eigenvalue weighted by molar-refractivity contribution is 6.17. The van der Waals surface area contributed by atoms with Crippen LogP contribution in [0.4, 0.5) is 5.69 Å². The van der Waals surface area contributed by atoms with Crippen LogP contribution in [0.5, 0.6) is 0 Å². The van der Waals surface area contributed by atoms with Gasteiger partial charge in [0.05, 0.1) is 0 Å². The maximum atomic E-state index is 6.03. The Labute approximate surface area is 103 Å². The zero-order valence-electron chi connectivity index (χ0n) is 10.2. The minimum atomic E-state index is 0.615. The van der Waals surface area contributed by atoms with Crippen molar-refractivity contribution in [3.63, 3.8) is 0 Å². The number of hydrogen-bond donors (Lipinski definition) is 0. The number of halogens is 1. The Morgan fingerprint density at radius 2 is 2.25 bits per heavy atom. The van der Waals surface area contributed by atoms with Gasteiger partial charge in [-0.3, -0.25) is 0 Å². The predicted molar refractivity (Wildman–Crippen MR) is 71.3 cm³/mol. The van der Waals surface area contributed by atoms with Gasteiger partial charge in [0.15, 0.2) is 0 Å². The Balaban J connectivity index is 2.20. The van der Waals surface area contributed by atoms with Gasteiger partial charge < -0.3 is 4.90 Å². The lowest BCUT2D eigenvalue weighted by Crippen LogP contribution is -2.20. The summed E-state index contributed by atoms with van der Waals surface area (Å²) in [5, 5.41) is 0. The van der Waals surface area contributed by atoms with Crippen LogP contribution in [0, 0.1) is 12.8 Å². The van der Waals surface area contributed by atoms with Crippen molar-refractivity contribution in [1.82, 2.24) is 0 Å². The third kappa shape index (κ3) is 2.35. The average molecular weight is 238 g/mol. The van der Waals surface area contributed by atoms with E-state index in [-0.39, 0.29) is 0 Å². The third-order valence-electron chi connectivity index (χ3n) is 3.58. The van der Waals surface area contributed by atoms with Crippen LogP contribution in [0.1, 0.15) is 30.9 Å². The molecule has 1 fully saturated rings. The van der Waals surface area contributed by atoms with Gasteiger partial charge >= 0.3 is 0 Å². The SMILES string of the molecule is CCC1CCN(c2ccc(C)cc2CCl)C1. The molecule has 1 aromatic carbocycles. The molecule has 1 aliphatic rings. The first-order valence-electron chi connectivity index (χ1n) is 6.15. The number of anilines is 1. The molecule has 2 rings (SSSR count). The lowest BCUT2D eigenvalue weighted by Gasteiger charge is -2.21. The van der Waals surface area contributed by atoms with Gasteiger partial charge in [-0.15, -0.1) is 11.6 Å². The zero-order chi connectivity index (χ0) is 11.5. The first-order valence-corrected chi connectivity index (χ1v) is 6.68. The van der Waals surface area contributed by atoms with Crippen molar-refractivity contribution in [2.45, 2.75) is 32.6 Å². The van der Waals surface area contributed by atoms with Gasteiger partial charge in [0.1, 0.15) is 0 Å². The first-order chi connectivity index (χ1) is 7.74. The topological polar surface area (TPSA) is 3.24 Å². The lowest BCUT2D eigenvalue weighted by atomic mass is 10.1. The van der Waals surface area contributed by atoms with Crippen molar-refractivity contribution in [1.29, 1.82) is 0 Å². The number of aryl methyl sites for hydroxylation is 1. The van der Waals surface area contributed by atoms with E-state index in [1.54, 1.807) is 0 Å². The molecule has 0 aromatic heterocycles. The highest BCUT2D eigenvalue weighted by Crippen LogP contribution is 2.29. The van der Waals surface area contributed by atoms with Gasteiger partial charge in [-0.1, -0.05) is 31.0 Å². The van der Waals surface area contributed by atoms with Crippen molar-refractivity contribution in [2.75, 3.05) is 18.0 Å². The van der Waals surface area contributed by atoms with Crippen LogP contribution in [0.15, 0.2) is 18.2 Å². The quantitative estimate of drug-likeness (QED) is 0.719. The summed E-state index contributed by atoms with van der Waals surface area (Å²) in [5.74, 6) is 1.48. The molecule has 1 nitrogen and oxygen atoms in total. The summed E-state index contributed by atoms with van der Waals surface area (Å²) in [5.41, 5.74) is 3.92. The Bertz CT molecular complexity index is 362. The molecule has 1 unspecified atom stereocenters. The van der Waals surface area contributed by atoms with Crippen LogP contribution < -0.4 is 4.90 Å². The van der Waals surface area contributed by atoms with Gasteiger partial charge in [0, 0.05) is 24.7 Å². The molecule has 1 saturated heterocycles. The molecule has 0 saturated carbocycles. The molecule has 16 heavy (non-hydrogen) atoms. The van der Waals surface area contributed by atoms with E-state index < -0.39 is 0 Å². The third-order valence-corrected chi connectivity index (χ3v) is 3.87. The van der Waals surface area contributed by atoms with E-state index in [0.29, 0.717) is 5.88 Å². The van der Waals surface area contributed by atoms with Crippen LogP contribution in [-0.2, 0) is 5.88 Å². The normalized spacial score (nSPS) is 20.4. The van der Waals surface area contributed by atoms with E-state index in [9.17, 15) is 0 Å².